The number of aryl methyl sites for hydroxylation is 2. The monoisotopic (exact) mass is 399 g/mol. The maximum Gasteiger partial charge on any atom is 0.350 e. The van der Waals surface area contributed by atoms with E-state index in [0.717, 1.165) is 5.56 Å². The summed E-state index contributed by atoms with van der Waals surface area (Å²) in [5.41, 5.74) is 2.14. The van der Waals surface area contributed by atoms with E-state index in [1.54, 1.807) is 50.2 Å². The van der Waals surface area contributed by atoms with E-state index in [2.05, 4.69) is 10.0 Å². The van der Waals surface area contributed by atoms with Crippen molar-refractivity contribution in [3.63, 3.8) is 0 Å². The van der Waals surface area contributed by atoms with Crippen molar-refractivity contribution in [3.8, 4) is 6.07 Å². The second-order valence-electron chi connectivity index (χ2n) is 5.99. The zero-order valence-electron chi connectivity index (χ0n) is 15.8. The standard InChI is InChI=1S/C20H21N3O4S/c1-4-27-20(24)16(12-21)13-22-17-9-8-15(3)19(11-17)28(25,26)23-18-7-5-6-14(2)10-18/h5-11,13,22-23H,4H2,1-3H3/b16-13+. The number of esters is 1. The Morgan fingerprint density at radius 2 is 1.93 bits per heavy atom. The van der Waals surface area contributed by atoms with Gasteiger partial charge < -0.3 is 10.1 Å². The molecule has 0 heterocycles. The second kappa shape index (κ2) is 9.06. The first kappa shape index (κ1) is 21.0. The molecule has 0 aliphatic heterocycles. The van der Waals surface area contributed by atoms with Crippen LogP contribution in [-0.4, -0.2) is 21.0 Å². The van der Waals surface area contributed by atoms with Gasteiger partial charge in [-0.15, -0.1) is 0 Å². The van der Waals surface area contributed by atoms with Gasteiger partial charge in [-0.1, -0.05) is 18.2 Å². The quantitative estimate of drug-likeness (QED) is 0.419. The van der Waals surface area contributed by atoms with Crippen LogP contribution in [0.5, 0.6) is 0 Å². The van der Waals surface area contributed by atoms with Crippen LogP contribution in [0.4, 0.5) is 11.4 Å². The first-order chi connectivity index (χ1) is 13.3. The van der Waals surface area contributed by atoms with Crippen LogP contribution in [0.3, 0.4) is 0 Å². The average molecular weight is 399 g/mol. The van der Waals surface area contributed by atoms with E-state index in [0.29, 0.717) is 16.9 Å². The number of carbonyl (C=O) groups is 1. The third-order valence-electron chi connectivity index (χ3n) is 3.75. The fourth-order valence-corrected chi connectivity index (χ4v) is 3.72. The fourth-order valence-electron chi connectivity index (χ4n) is 2.40. The Labute approximate surface area is 164 Å². The molecule has 0 spiro atoms. The number of carbonyl (C=O) groups excluding carboxylic acids is 1. The number of hydrogen-bond donors (Lipinski definition) is 2. The highest BCUT2D eigenvalue weighted by Crippen LogP contribution is 2.23. The van der Waals surface area contributed by atoms with Crippen molar-refractivity contribution in [1.82, 2.24) is 0 Å². The molecule has 8 heteroatoms. The van der Waals surface area contributed by atoms with Crippen LogP contribution in [0.2, 0.25) is 0 Å². The maximum absolute atomic E-state index is 12.8. The van der Waals surface area contributed by atoms with Gasteiger partial charge in [0, 0.05) is 17.6 Å². The molecule has 0 unspecified atom stereocenters. The molecule has 0 saturated heterocycles. The van der Waals surface area contributed by atoms with Gasteiger partial charge in [0.1, 0.15) is 6.07 Å². The van der Waals surface area contributed by atoms with Gasteiger partial charge in [0.15, 0.2) is 5.57 Å². The number of nitriles is 1. The van der Waals surface area contributed by atoms with Crippen molar-refractivity contribution in [2.24, 2.45) is 0 Å². The van der Waals surface area contributed by atoms with Crippen molar-refractivity contribution in [2.45, 2.75) is 25.7 Å². The lowest BCUT2D eigenvalue weighted by molar-refractivity contribution is -0.138. The molecule has 2 N–H and O–H groups in total. The van der Waals surface area contributed by atoms with Crippen molar-refractivity contribution in [3.05, 3.63) is 65.4 Å². The highest BCUT2D eigenvalue weighted by molar-refractivity contribution is 7.92. The van der Waals surface area contributed by atoms with Crippen molar-refractivity contribution < 1.29 is 17.9 Å². The summed E-state index contributed by atoms with van der Waals surface area (Å²) in [6, 6.07) is 13.5. The molecule has 2 rings (SSSR count). The number of ether oxygens (including phenoxy) is 1. The first-order valence-corrected chi connectivity index (χ1v) is 9.99. The van der Waals surface area contributed by atoms with E-state index in [4.69, 9.17) is 10.00 Å². The second-order valence-corrected chi connectivity index (χ2v) is 7.64. The highest BCUT2D eigenvalue weighted by atomic mass is 32.2. The van der Waals surface area contributed by atoms with Gasteiger partial charge in [-0.25, -0.2) is 13.2 Å². The molecule has 0 aromatic heterocycles. The molecule has 28 heavy (non-hydrogen) atoms. The van der Waals surface area contributed by atoms with Crippen LogP contribution < -0.4 is 10.0 Å². The van der Waals surface area contributed by atoms with E-state index < -0.39 is 16.0 Å². The van der Waals surface area contributed by atoms with E-state index >= 15 is 0 Å². The Morgan fingerprint density at radius 3 is 2.57 bits per heavy atom. The summed E-state index contributed by atoms with van der Waals surface area (Å²) in [5.74, 6) is -0.751. The minimum atomic E-state index is -3.82. The number of nitrogens with one attached hydrogen (secondary N) is 2. The van der Waals surface area contributed by atoms with Crippen LogP contribution in [0.1, 0.15) is 18.1 Å². The first-order valence-electron chi connectivity index (χ1n) is 8.51. The van der Waals surface area contributed by atoms with Gasteiger partial charge in [-0.3, -0.25) is 4.72 Å². The minimum Gasteiger partial charge on any atom is -0.462 e. The number of sulfonamides is 1. The van der Waals surface area contributed by atoms with E-state index in [1.807, 2.05) is 13.0 Å². The predicted octanol–water partition coefficient (Wildman–Crippen LogP) is 3.49. The summed E-state index contributed by atoms with van der Waals surface area (Å²) in [5, 5.41) is 11.8. The maximum atomic E-state index is 12.8. The number of benzene rings is 2. The Bertz CT molecular complexity index is 1050. The van der Waals surface area contributed by atoms with Crippen molar-refractivity contribution in [2.75, 3.05) is 16.6 Å². The molecule has 146 valence electrons. The van der Waals surface area contributed by atoms with Gasteiger partial charge in [0.2, 0.25) is 0 Å². The smallest absolute Gasteiger partial charge is 0.350 e. The molecular formula is C20H21N3O4S. The fraction of sp³-hybridized carbons (Fsp3) is 0.200. The highest BCUT2D eigenvalue weighted by Gasteiger charge is 2.18. The number of anilines is 2. The van der Waals surface area contributed by atoms with Crippen LogP contribution in [0.25, 0.3) is 0 Å². The molecule has 0 aliphatic carbocycles. The van der Waals surface area contributed by atoms with Crippen molar-refractivity contribution in [1.29, 1.82) is 5.26 Å². The molecule has 0 amide bonds. The lowest BCUT2D eigenvalue weighted by Gasteiger charge is -2.12. The van der Waals surface area contributed by atoms with Crippen molar-refractivity contribution >= 4 is 27.4 Å². The average Bonchev–Trinajstić information content (AvgIpc) is 2.63. The van der Waals surface area contributed by atoms with Gasteiger partial charge >= 0.3 is 5.97 Å². The molecular weight excluding hydrogens is 378 g/mol. The topological polar surface area (TPSA) is 108 Å². The Hall–Kier alpha value is -3.31. The van der Waals surface area contributed by atoms with Gasteiger partial charge in [-0.05, 0) is 56.2 Å². The number of nitrogens with zero attached hydrogens (tertiary/aromatic N) is 1. The molecule has 0 fully saturated rings. The van der Waals surface area contributed by atoms with Crippen LogP contribution >= 0.6 is 0 Å². The summed E-state index contributed by atoms with van der Waals surface area (Å²) in [6.07, 6.45) is 1.19. The molecule has 7 nitrogen and oxygen atoms in total. The molecule has 2 aromatic carbocycles. The van der Waals surface area contributed by atoms with Crippen LogP contribution in [-0.2, 0) is 19.6 Å². The largest absolute Gasteiger partial charge is 0.462 e. The van der Waals surface area contributed by atoms with Gasteiger partial charge in [0.05, 0.1) is 11.5 Å². The lowest BCUT2D eigenvalue weighted by atomic mass is 10.2. The van der Waals surface area contributed by atoms with Gasteiger partial charge in [-0.2, -0.15) is 5.26 Å². The molecule has 2 aromatic rings. The summed E-state index contributed by atoms with van der Waals surface area (Å²) in [6.45, 7) is 5.34. The zero-order chi connectivity index (χ0) is 20.7. The van der Waals surface area contributed by atoms with E-state index in [9.17, 15) is 13.2 Å². The lowest BCUT2D eigenvalue weighted by Crippen LogP contribution is -2.14. The molecule has 0 atom stereocenters. The molecule has 0 saturated carbocycles. The Morgan fingerprint density at radius 1 is 1.18 bits per heavy atom. The minimum absolute atomic E-state index is 0.0852. The molecule has 0 aliphatic rings. The summed E-state index contributed by atoms with van der Waals surface area (Å²) in [7, 11) is -3.82. The third-order valence-corrected chi connectivity index (χ3v) is 5.27. The van der Waals surface area contributed by atoms with Gasteiger partial charge in [0.25, 0.3) is 10.0 Å². The van der Waals surface area contributed by atoms with E-state index in [1.165, 1.54) is 12.3 Å². The summed E-state index contributed by atoms with van der Waals surface area (Å²) >= 11 is 0. The molecule has 0 bridgehead atoms. The summed E-state index contributed by atoms with van der Waals surface area (Å²) < 4.78 is 32.9. The predicted molar refractivity (Wildman–Crippen MR) is 107 cm³/mol. The molecule has 0 radical (unpaired) electrons. The Kier molecular flexibility index (Phi) is 6.79. The normalized spacial score (nSPS) is 11.4. The third kappa shape index (κ3) is 5.34. The SMILES string of the molecule is CCOC(=O)/C(C#N)=C/Nc1ccc(C)c(S(=O)(=O)Nc2cccc(C)c2)c1. The Balaban J connectivity index is 2.29. The number of rotatable bonds is 7. The number of hydrogen-bond acceptors (Lipinski definition) is 6. The zero-order valence-corrected chi connectivity index (χ0v) is 16.6. The summed E-state index contributed by atoms with van der Waals surface area (Å²) in [4.78, 5) is 11.7. The van der Waals surface area contributed by atoms with Crippen LogP contribution in [0.15, 0.2) is 59.1 Å². The van der Waals surface area contributed by atoms with E-state index in [-0.39, 0.29) is 17.1 Å². The van der Waals surface area contributed by atoms with Crippen LogP contribution in [0, 0.1) is 25.2 Å².